The number of hydrogen-bond donors (Lipinski definition) is 1. The predicted octanol–water partition coefficient (Wildman–Crippen LogP) is 5.18. The molecule has 5 heteroatoms. The molecule has 2 heterocycles. The quantitative estimate of drug-likeness (QED) is 0.676. The molecule has 1 saturated carbocycles. The summed E-state index contributed by atoms with van der Waals surface area (Å²) in [6.45, 7) is 2.02. The average Bonchev–Trinajstić information content (AvgIpc) is 3.37. The Hall–Kier alpha value is -2.59. The molecule has 0 unspecified atom stereocenters. The van der Waals surface area contributed by atoms with Gasteiger partial charge in [-0.2, -0.15) is 0 Å². The number of nitrogens with one attached hydrogen (secondary N) is 1. The topological polar surface area (TPSA) is 55.1 Å². The second kappa shape index (κ2) is 6.96. The zero-order chi connectivity index (χ0) is 18.1. The number of carbonyl (C=O) groups is 1. The van der Waals surface area contributed by atoms with Crippen LogP contribution in [-0.4, -0.2) is 10.9 Å². The van der Waals surface area contributed by atoms with Crippen molar-refractivity contribution in [3.8, 4) is 11.3 Å². The first-order valence-corrected chi connectivity index (χ1v) is 9.08. The number of hydrogen-bond acceptors (Lipinski definition) is 3. The second-order valence-electron chi connectivity index (χ2n) is 6.64. The second-order valence-corrected chi connectivity index (χ2v) is 7.05. The van der Waals surface area contributed by atoms with E-state index in [1.54, 1.807) is 24.4 Å². The van der Waals surface area contributed by atoms with Gasteiger partial charge in [-0.1, -0.05) is 29.8 Å². The molecule has 0 radical (unpaired) electrons. The molecule has 0 bridgehead atoms. The van der Waals surface area contributed by atoms with Crippen molar-refractivity contribution in [2.24, 2.45) is 5.92 Å². The highest BCUT2D eigenvalue weighted by atomic mass is 35.5. The van der Waals surface area contributed by atoms with Crippen LogP contribution in [-0.2, 0) is 0 Å². The maximum absolute atomic E-state index is 12.7. The molecule has 1 aliphatic rings. The first kappa shape index (κ1) is 16.9. The van der Waals surface area contributed by atoms with Crippen molar-refractivity contribution >= 4 is 17.5 Å². The Labute approximate surface area is 157 Å². The summed E-state index contributed by atoms with van der Waals surface area (Å²) in [5, 5.41) is 3.70. The van der Waals surface area contributed by atoms with E-state index in [9.17, 15) is 4.79 Å². The highest BCUT2D eigenvalue weighted by molar-refractivity contribution is 6.33. The first-order chi connectivity index (χ1) is 12.6. The van der Waals surface area contributed by atoms with Crippen LogP contribution in [0.15, 0.2) is 59.1 Å². The third-order valence-corrected chi connectivity index (χ3v) is 5.02. The van der Waals surface area contributed by atoms with Gasteiger partial charge in [-0.15, -0.1) is 0 Å². The number of benzene rings is 1. The van der Waals surface area contributed by atoms with E-state index in [4.69, 9.17) is 16.0 Å². The summed E-state index contributed by atoms with van der Waals surface area (Å²) in [5.74, 6) is 1.06. The summed E-state index contributed by atoms with van der Waals surface area (Å²) < 4.78 is 5.76. The van der Waals surface area contributed by atoms with Gasteiger partial charge in [0.25, 0.3) is 5.91 Å². The maximum atomic E-state index is 12.7. The summed E-state index contributed by atoms with van der Waals surface area (Å²) in [6, 6.07) is 14.7. The molecule has 0 aliphatic heterocycles. The summed E-state index contributed by atoms with van der Waals surface area (Å²) in [7, 11) is 0. The molecule has 1 atom stereocenters. The number of amides is 1. The minimum absolute atomic E-state index is 0.0856. The van der Waals surface area contributed by atoms with E-state index < -0.39 is 0 Å². The number of halogens is 1. The molecule has 1 amide bonds. The molecule has 0 spiro atoms. The molecule has 132 valence electrons. The van der Waals surface area contributed by atoms with Gasteiger partial charge in [0.05, 0.1) is 16.8 Å². The number of rotatable bonds is 5. The molecule has 1 aliphatic carbocycles. The van der Waals surface area contributed by atoms with Crippen molar-refractivity contribution in [1.82, 2.24) is 10.3 Å². The lowest BCUT2D eigenvalue weighted by atomic mass is 10.0. The van der Waals surface area contributed by atoms with E-state index in [0.29, 0.717) is 16.7 Å². The molecule has 4 rings (SSSR count). The molecule has 26 heavy (non-hydrogen) atoms. The molecule has 4 nitrogen and oxygen atoms in total. The van der Waals surface area contributed by atoms with E-state index in [-0.39, 0.29) is 17.7 Å². The van der Waals surface area contributed by atoms with Crippen LogP contribution in [0.1, 0.15) is 40.7 Å². The molecule has 1 aromatic carbocycles. The number of aromatic nitrogens is 1. The van der Waals surface area contributed by atoms with Crippen molar-refractivity contribution in [3.63, 3.8) is 0 Å². The lowest BCUT2D eigenvalue weighted by Crippen LogP contribution is -2.30. The van der Waals surface area contributed by atoms with Crippen LogP contribution in [0, 0.1) is 12.8 Å². The Bertz CT molecular complexity index is 946. The third-order valence-electron chi connectivity index (χ3n) is 4.69. The van der Waals surface area contributed by atoms with Gasteiger partial charge in [0.2, 0.25) is 0 Å². The Morgan fingerprint density at radius 2 is 2.00 bits per heavy atom. The molecule has 1 N–H and O–H groups in total. The summed E-state index contributed by atoms with van der Waals surface area (Å²) in [6.07, 6.45) is 3.97. The number of carbonyl (C=O) groups excluding carboxylic acids is 1. The lowest BCUT2D eigenvalue weighted by molar-refractivity contribution is 0.0903. The van der Waals surface area contributed by atoms with E-state index >= 15 is 0 Å². The minimum atomic E-state index is -0.231. The third kappa shape index (κ3) is 3.37. The maximum Gasteiger partial charge on any atom is 0.287 e. The lowest BCUT2D eigenvalue weighted by Gasteiger charge is -2.18. The Balaban J connectivity index is 1.56. The standard InChI is InChI=1S/C21H19ClN2O2/c1-13-5-4-12-23-19(13)20(14-8-9-14)24-21(25)18-11-10-17(26-18)15-6-2-3-7-16(15)22/h2-7,10-12,14,20H,8-9H2,1H3,(H,24,25)/t20-/m0/s1. The van der Waals surface area contributed by atoms with Crippen molar-refractivity contribution in [1.29, 1.82) is 0 Å². The van der Waals surface area contributed by atoms with Crippen LogP contribution in [0.3, 0.4) is 0 Å². The first-order valence-electron chi connectivity index (χ1n) is 8.70. The van der Waals surface area contributed by atoms with E-state index in [2.05, 4.69) is 10.3 Å². The number of nitrogens with zero attached hydrogens (tertiary/aromatic N) is 1. The largest absolute Gasteiger partial charge is 0.451 e. The van der Waals surface area contributed by atoms with Gasteiger partial charge >= 0.3 is 0 Å². The van der Waals surface area contributed by atoms with Crippen molar-refractivity contribution in [2.45, 2.75) is 25.8 Å². The van der Waals surface area contributed by atoms with Gasteiger partial charge < -0.3 is 9.73 Å². The smallest absolute Gasteiger partial charge is 0.287 e. The summed E-state index contributed by atoms with van der Waals surface area (Å²) in [4.78, 5) is 17.2. The molecule has 2 aromatic heterocycles. The van der Waals surface area contributed by atoms with Crippen molar-refractivity contribution in [2.75, 3.05) is 0 Å². The summed E-state index contributed by atoms with van der Waals surface area (Å²) in [5.41, 5.74) is 2.79. The Morgan fingerprint density at radius 3 is 2.73 bits per heavy atom. The van der Waals surface area contributed by atoms with Crippen LogP contribution in [0.4, 0.5) is 0 Å². The zero-order valence-electron chi connectivity index (χ0n) is 14.4. The summed E-state index contributed by atoms with van der Waals surface area (Å²) >= 11 is 6.21. The highest BCUT2D eigenvalue weighted by Crippen LogP contribution is 2.41. The van der Waals surface area contributed by atoms with Gasteiger partial charge in [0, 0.05) is 11.8 Å². The van der Waals surface area contributed by atoms with Crippen LogP contribution in [0.2, 0.25) is 5.02 Å². The molecular weight excluding hydrogens is 348 g/mol. The number of furan rings is 1. The average molecular weight is 367 g/mol. The fourth-order valence-corrected chi connectivity index (χ4v) is 3.37. The zero-order valence-corrected chi connectivity index (χ0v) is 15.2. The Morgan fingerprint density at radius 1 is 1.19 bits per heavy atom. The SMILES string of the molecule is Cc1cccnc1[C@@H](NC(=O)c1ccc(-c2ccccc2Cl)o1)C1CC1. The predicted molar refractivity (Wildman–Crippen MR) is 101 cm³/mol. The van der Waals surface area contributed by atoms with Gasteiger partial charge in [0.1, 0.15) is 5.76 Å². The van der Waals surface area contributed by atoms with Gasteiger partial charge in [0.15, 0.2) is 5.76 Å². The van der Waals surface area contributed by atoms with Crippen LogP contribution < -0.4 is 5.32 Å². The van der Waals surface area contributed by atoms with Gasteiger partial charge in [-0.3, -0.25) is 9.78 Å². The minimum Gasteiger partial charge on any atom is -0.451 e. The van der Waals surface area contributed by atoms with E-state index in [1.165, 1.54) is 0 Å². The molecule has 1 fully saturated rings. The van der Waals surface area contributed by atoms with Crippen molar-refractivity contribution < 1.29 is 9.21 Å². The van der Waals surface area contributed by atoms with E-state index in [1.807, 2.05) is 37.3 Å². The number of pyridine rings is 1. The van der Waals surface area contributed by atoms with Crippen LogP contribution >= 0.6 is 11.6 Å². The fourth-order valence-electron chi connectivity index (χ4n) is 3.14. The molecular formula is C21H19ClN2O2. The van der Waals surface area contributed by atoms with Crippen molar-refractivity contribution in [3.05, 3.63) is 76.8 Å². The van der Waals surface area contributed by atoms with E-state index in [0.717, 1.165) is 29.7 Å². The fraction of sp³-hybridized carbons (Fsp3) is 0.238. The molecule has 3 aromatic rings. The Kier molecular flexibility index (Phi) is 4.51. The number of aryl methyl sites for hydroxylation is 1. The normalized spacial score (nSPS) is 14.8. The monoisotopic (exact) mass is 366 g/mol. The molecule has 0 saturated heterocycles. The highest BCUT2D eigenvalue weighted by Gasteiger charge is 2.35. The van der Waals surface area contributed by atoms with Crippen LogP contribution in [0.25, 0.3) is 11.3 Å². The van der Waals surface area contributed by atoms with Gasteiger partial charge in [-0.05, 0) is 61.6 Å². The van der Waals surface area contributed by atoms with Crippen LogP contribution in [0.5, 0.6) is 0 Å². The van der Waals surface area contributed by atoms with Gasteiger partial charge in [-0.25, -0.2) is 0 Å².